The molecule has 2 heterocycles. The fourth-order valence-electron chi connectivity index (χ4n) is 3.97. The van der Waals surface area contributed by atoms with Crippen LogP contribution in [0.15, 0.2) is 0 Å². The molecule has 20 heavy (non-hydrogen) atoms. The fraction of sp³-hybridized carbons (Fsp3) is 1.00. The van der Waals surface area contributed by atoms with Crippen molar-refractivity contribution in [1.29, 1.82) is 0 Å². The molecule has 0 spiro atoms. The van der Waals surface area contributed by atoms with Crippen LogP contribution in [0.4, 0.5) is 0 Å². The molecule has 0 aromatic rings. The largest absolute Gasteiger partial charge is 0.315 e. The van der Waals surface area contributed by atoms with Crippen molar-refractivity contribution >= 4 is 0 Å². The molecule has 3 heteroatoms. The zero-order valence-corrected chi connectivity index (χ0v) is 13.7. The molecule has 0 saturated carbocycles. The highest BCUT2D eigenvalue weighted by molar-refractivity contribution is 4.89. The van der Waals surface area contributed by atoms with E-state index in [0.717, 1.165) is 12.0 Å². The van der Waals surface area contributed by atoms with Gasteiger partial charge in [0, 0.05) is 25.7 Å². The Morgan fingerprint density at radius 2 is 1.95 bits per heavy atom. The van der Waals surface area contributed by atoms with E-state index in [9.17, 15) is 0 Å². The first-order valence-corrected chi connectivity index (χ1v) is 8.94. The van der Waals surface area contributed by atoms with Crippen LogP contribution >= 0.6 is 0 Å². The highest BCUT2D eigenvalue weighted by Gasteiger charge is 2.33. The number of rotatable bonds is 8. The molecule has 2 fully saturated rings. The summed E-state index contributed by atoms with van der Waals surface area (Å²) >= 11 is 0. The van der Waals surface area contributed by atoms with Gasteiger partial charge in [-0.05, 0) is 58.3 Å². The highest BCUT2D eigenvalue weighted by Crippen LogP contribution is 2.29. The van der Waals surface area contributed by atoms with E-state index in [0.29, 0.717) is 0 Å². The lowest BCUT2D eigenvalue weighted by molar-refractivity contribution is 0.0391. The summed E-state index contributed by atoms with van der Waals surface area (Å²) in [7, 11) is 2.32. The first-order chi connectivity index (χ1) is 9.81. The molecule has 2 aliphatic rings. The van der Waals surface area contributed by atoms with E-state index in [2.05, 4.69) is 29.1 Å². The average Bonchev–Trinajstić information content (AvgIpc) is 2.46. The van der Waals surface area contributed by atoms with Gasteiger partial charge in [-0.15, -0.1) is 0 Å². The predicted molar refractivity (Wildman–Crippen MR) is 87.2 cm³/mol. The lowest BCUT2D eigenvalue weighted by Crippen LogP contribution is -2.53. The van der Waals surface area contributed by atoms with Crippen molar-refractivity contribution in [1.82, 2.24) is 15.1 Å². The Kier molecular flexibility index (Phi) is 7.32. The van der Waals surface area contributed by atoms with Crippen molar-refractivity contribution in [2.75, 3.05) is 46.3 Å². The summed E-state index contributed by atoms with van der Waals surface area (Å²) in [5, 5.41) is 3.62. The standard InChI is InChI=1S/C17H35N3/c1-3-4-5-6-10-18-11-14-20-13-9-17-16(15-20)8-7-12-19(17)2/h16-18H,3-15H2,1-2H3. The zero-order valence-electron chi connectivity index (χ0n) is 13.7. The summed E-state index contributed by atoms with van der Waals surface area (Å²) < 4.78 is 0. The van der Waals surface area contributed by atoms with Crippen LogP contribution in [-0.2, 0) is 0 Å². The molecule has 118 valence electrons. The monoisotopic (exact) mass is 281 g/mol. The van der Waals surface area contributed by atoms with Crippen molar-refractivity contribution in [2.45, 2.75) is 57.9 Å². The summed E-state index contributed by atoms with van der Waals surface area (Å²) in [6.07, 6.45) is 9.72. The van der Waals surface area contributed by atoms with Gasteiger partial charge in [0.05, 0.1) is 0 Å². The molecule has 3 nitrogen and oxygen atoms in total. The van der Waals surface area contributed by atoms with Crippen LogP contribution in [0, 0.1) is 5.92 Å². The summed E-state index contributed by atoms with van der Waals surface area (Å²) in [5.74, 6) is 0.937. The second-order valence-corrected chi connectivity index (χ2v) is 6.85. The van der Waals surface area contributed by atoms with Crippen molar-refractivity contribution < 1.29 is 0 Å². The highest BCUT2D eigenvalue weighted by atomic mass is 15.2. The summed E-state index contributed by atoms with van der Waals surface area (Å²) in [5.41, 5.74) is 0. The predicted octanol–water partition coefficient (Wildman–Crippen LogP) is 2.57. The van der Waals surface area contributed by atoms with Gasteiger partial charge >= 0.3 is 0 Å². The number of hydrogen-bond donors (Lipinski definition) is 1. The molecule has 2 saturated heterocycles. The van der Waals surface area contributed by atoms with Gasteiger partial charge in [0.2, 0.25) is 0 Å². The van der Waals surface area contributed by atoms with Crippen molar-refractivity contribution in [3.63, 3.8) is 0 Å². The first-order valence-electron chi connectivity index (χ1n) is 8.94. The molecule has 0 aliphatic carbocycles. The molecule has 2 aliphatic heterocycles. The van der Waals surface area contributed by atoms with Crippen LogP contribution in [-0.4, -0.2) is 62.2 Å². The number of piperidine rings is 2. The maximum absolute atomic E-state index is 3.62. The summed E-state index contributed by atoms with van der Waals surface area (Å²) in [6.45, 7) is 9.89. The quantitative estimate of drug-likeness (QED) is 0.690. The van der Waals surface area contributed by atoms with E-state index in [-0.39, 0.29) is 0 Å². The van der Waals surface area contributed by atoms with E-state index >= 15 is 0 Å². The lowest BCUT2D eigenvalue weighted by atomic mass is 9.84. The normalized spacial score (nSPS) is 28.5. The van der Waals surface area contributed by atoms with Crippen LogP contribution in [0.25, 0.3) is 0 Å². The average molecular weight is 281 g/mol. The zero-order chi connectivity index (χ0) is 14.2. The Bertz CT molecular complexity index is 257. The van der Waals surface area contributed by atoms with Crippen LogP contribution in [0.1, 0.15) is 51.9 Å². The Balaban J connectivity index is 1.54. The summed E-state index contributed by atoms with van der Waals surface area (Å²) in [6, 6.07) is 0.877. The molecule has 0 radical (unpaired) electrons. The number of hydrogen-bond acceptors (Lipinski definition) is 3. The van der Waals surface area contributed by atoms with Crippen LogP contribution in [0.3, 0.4) is 0 Å². The molecular weight excluding hydrogens is 246 g/mol. The third-order valence-corrected chi connectivity index (χ3v) is 5.24. The molecule has 2 atom stereocenters. The molecule has 2 unspecified atom stereocenters. The number of unbranched alkanes of at least 4 members (excludes halogenated alkanes) is 3. The van der Waals surface area contributed by atoms with Crippen molar-refractivity contribution in [3.8, 4) is 0 Å². The Hall–Kier alpha value is -0.120. The van der Waals surface area contributed by atoms with E-state index in [1.807, 2.05) is 0 Å². The molecule has 2 rings (SSSR count). The van der Waals surface area contributed by atoms with Crippen LogP contribution in [0.5, 0.6) is 0 Å². The molecule has 0 aromatic heterocycles. The number of fused-ring (bicyclic) bond motifs is 1. The second-order valence-electron chi connectivity index (χ2n) is 6.85. The smallest absolute Gasteiger partial charge is 0.0145 e. The summed E-state index contributed by atoms with van der Waals surface area (Å²) in [4.78, 5) is 5.30. The molecule has 0 aromatic carbocycles. The van der Waals surface area contributed by atoms with E-state index < -0.39 is 0 Å². The Morgan fingerprint density at radius 1 is 1.05 bits per heavy atom. The maximum atomic E-state index is 3.62. The Morgan fingerprint density at radius 3 is 2.80 bits per heavy atom. The van der Waals surface area contributed by atoms with E-state index in [4.69, 9.17) is 0 Å². The molecule has 1 N–H and O–H groups in total. The van der Waals surface area contributed by atoms with Gasteiger partial charge in [-0.25, -0.2) is 0 Å². The molecule has 0 amide bonds. The second kappa shape index (κ2) is 9.01. The molecular formula is C17H35N3. The van der Waals surface area contributed by atoms with Gasteiger partial charge < -0.3 is 15.1 Å². The van der Waals surface area contributed by atoms with Crippen LogP contribution in [0.2, 0.25) is 0 Å². The number of nitrogens with one attached hydrogen (secondary N) is 1. The maximum Gasteiger partial charge on any atom is 0.0145 e. The van der Waals surface area contributed by atoms with Gasteiger partial charge in [-0.1, -0.05) is 26.2 Å². The van der Waals surface area contributed by atoms with E-state index in [1.165, 1.54) is 84.2 Å². The SMILES string of the molecule is CCCCCCNCCN1CCC2C(CCCN2C)C1. The number of likely N-dealkylation sites (tertiary alicyclic amines) is 2. The fourth-order valence-corrected chi connectivity index (χ4v) is 3.97. The topological polar surface area (TPSA) is 18.5 Å². The van der Waals surface area contributed by atoms with Gasteiger partial charge in [-0.2, -0.15) is 0 Å². The minimum absolute atomic E-state index is 0.877. The minimum Gasteiger partial charge on any atom is -0.315 e. The third-order valence-electron chi connectivity index (χ3n) is 5.24. The van der Waals surface area contributed by atoms with Crippen LogP contribution < -0.4 is 5.32 Å². The first kappa shape index (κ1) is 16.3. The Labute approximate surface area is 126 Å². The number of nitrogens with zero attached hydrogens (tertiary/aromatic N) is 2. The van der Waals surface area contributed by atoms with Crippen molar-refractivity contribution in [3.05, 3.63) is 0 Å². The van der Waals surface area contributed by atoms with E-state index in [1.54, 1.807) is 0 Å². The van der Waals surface area contributed by atoms with Gasteiger partial charge in [0.1, 0.15) is 0 Å². The molecule has 0 bridgehead atoms. The third kappa shape index (κ3) is 5.01. The van der Waals surface area contributed by atoms with Gasteiger partial charge in [0.15, 0.2) is 0 Å². The minimum atomic E-state index is 0.877. The van der Waals surface area contributed by atoms with Gasteiger partial charge in [0.25, 0.3) is 0 Å². The lowest BCUT2D eigenvalue weighted by Gasteiger charge is -2.46. The van der Waals surface area contributed by atoms with Crippen molar-refractivity contribution in [2.24, 2.45) is 5.92 Å². The van der Waals surface area contributed by atoms with Gasteiger partial charge in [-0.3, -0.25) is 0 Å².